The Labute approximate surface area is 180 Å². The fourth-order valence-corrected chi connectivity index (χ4v) is 3.24. The molecule has 0 aliphatic heterocycles. The fourth-order valence-electron chi connectivity index (χ4n) is 2.75. The minimum atomic E-state index is -0.845. The maximum atomic E-state index is 12.6. The molecule has 0 spiro atoms. The Morgan fingerprint density at radius 2 is 2.07 bits per heavy atom. The average molecular weight is 416 g/mol. The highest BCUT2D eigenvalue weighted by molar-refractivity contribution is 7.98. The predicted molar refractivity (Wildman–Crippen MR) is 123 cm³/mol. The summed E-state index contributed by atoms with van der Waals surface area (Å²) in [7, 11) is 0. The number of amides is 1. The van der Waals surface area contributed by atoms with E-state index in [0.29, 0.717) is 29.7 Å². The lowest BCUT2D eigenvalue weighted by molar-refractivity contribution is -0.117. The first-order chi connectivity index (χ1) is 15.2. The van der Waals surface area contributed by atoms with Crippen LogP contribution in [0.3, 0.4) is 0 Å². The van der Waals surface area contributed by atoms with Gasteiger partial charge in [-0.2, -0.15) is 11.8 Å². The van der Waals surface area contributed by atoms with Crippen molar-refractivity contribution in [2.45, 2.75) is 25.3 Å². The van der Waals surface area contributed by atoms with Crippen LogP contribution in [0.2, 0.25) is 0 Å². The zero-order chi connectivity index (χ0) is 24.0. The minimum Gasteiger partial charge on any atom is -0.505 e. The second kappa shape index (κ2) is 10.7. The van der Waals surface area contributed by atoms with Gasteiger partial charge in [0.15, 0.2) is 5.75 Å². The van der Waals surface area contributed by atoms with Crippen molar-refractivity contribution in [1.82, 2.24) is 0 Å². The van der Waals surface area contributed by atoms with Gasteiger partial charge in [-0.05, 0) is 48.5 Å². The van der Waals surface area contributed by atoms with E-state index in [1.165, 1.54) is 12.1 Å². The van der Waals surface area contributed by atoms with Gasteiger partial charge in [-0.1, -0.05) is 36.3 Å². The number of thioether (sulfide) groups is 1. The van der Waals surface area contributed by atoms with Crippen molar-refractivity contribution in [3.8, 4) is 22.6 Å². The smallest absolute Gasteiger partial charge is 0.241 e. The van der Waals surface area contributed by atoms with Crippen LogP contribution in [0.15, 0.2) is 55.6 Å². The number of anilines is 1. The molecule has 2 aromatic carbocycles. The van der Waals surface area contributed by atoms with E-state index in [-0.39, 0.29) is 47.1 Å². The van der Waals surface area contributed by atoms with Crippen molar-refractivity contribution < 1.29 is 19.1 Å². The molecule has 1 amide bonds. The van der Waals surface area contributed by atoms with Crippen molar-refractivity contribution in [1.29, 1.82) is 0 Å². The highest BCUT2D eigenvalue weighted by Gasteiger charge is 2.22. The molecule has 0 saturated carbocycles. The van der Waals surface area contributed by atoms with Crippen LogP contribution in [-0.4, -0.2) is 34.2 Å². The molecule has 2 aromatic rings. The molecule has 6 heteroatoms. The zero-order valence-electron chi connectivity index (χ0n) is 19.4. The summed E-state index contributed by atoms with van der Waals surface area (Å²) >= 11 is 1.54. The molecule has 5 nitrogen and oxygen atoms in total. The Morgan fingerprint density at radius 3 is 2.72 bits per heavy atom. The lowest BCUT2D eigenvalue weighted by Gasteiger charge is -2.18. The molecule has 29 heavy (non-hydrogen) atoms. The quantitative estimate of drug-likeness (QED) is 0.344. The Balaban J connectivity index is 2.72. The summed E-state index contributed by atoms with van der Waals surface area (Å²) in [6.45, 7) is 7.32. The van der Waals surface area contributed by atoms with E-state index in [0.717, 1.165) is 0 Å². The highest BCUT2D eigenvalue weighted by Crippen LogP contribution is 2.44. The van der Waals surface area contributed by atoms with Crippen LogP contribution in [0.1, 0.15) is 21.7 Å². The molecule has 0 aromatic heterocycles. The van der Waals surface area contributed by atoms with E-state index in [2.05, 4.69) is 18.5 Å². The number of carbonyl (C=O) groups excluding carboxylic acids is 1. The van der Waals surface area contributed by atoms with Crippen LogP contribution < -0.4 is 11.1 Å². The third kappa shape index (κ3) is 5.65. The van der Waals surface area contributed by atoms with Gasteiger partial charge in [-0.3, -0.25) is 4.79 Å². The summed E-state index contributed by atoms with van der Waals surface area (Å²) < 4.78 is 25.0. The van der Waals surface area contributed by atoms with Gasteiger partial charge in [0.05, 0.1) is 10.2 Å². The van der Waals surface area contributed by atoms with Gasteiger partial charge in [-0.15, -0.1) is 13.2 Å². The molecular formula is C23H28N2O3S. The summed E-state index contributed by atoms with van der Waals surface area (Å²) in [6, 6.07) is 1.62. The number of benzene rings is 2. The summed E-state index contributed by atoms with van der Waals surface area (Å²) in [5.74, 6) is -0.757. The number of carbonyl (C=O) groups is 1. The van der Waals surface area contributed by atoms with Crippen LogP contribution in [0.25, 0.3) is 11.1 Å². The minimum absolute atomic E-state index is 0.0272. The molecule has 5 N–H and O–H groups in total. The Bertz CT molecular complexity index is 1040. The van der Waals surface area contributed by atoms with Crippen LogP contribution in [0, 0.1) is 0 Å². The number of nitrogens with one attached hydrogen (secondary N) is 1. The number of allylic oxidation sites excluding steroid dienone is 2. The molecule has 1 atom stereocenters. The molecule has 0 radical (unpaired) electrons. The van der Waals surface area contributed by atoms with Crippen molar-refractivity contribution in [3.63, 3.8) is 0 Å². The third-order valence-corrected chi connectivity index (χ3v) is 4.94. The monoisotopic (exact) mass is 415 g/mol. The fraction of sp³-hybridized carbons (Fsp3) is 0.261. The second-order valence-electron chi connectivity index (χ2n) is 6.46. The standard InChI is InChI=1S/C23H28N2O3S/c1-4-7-15-9-6-10-16(13-15)18-14-17(8-5-2)21(26)20(22(18)27)25-23(28)19(24)11-12-29-3/h4-6,9-10,13-14,19,26-27H,1-2,7-8,11-12,24H2,3H3,(H,25,28)/i6D,10D,13D. The maximum absolute atomic E-state index is 12.6. The number of hydrogen-bond acceptors (Lipinski definition) is 5. The highest BCUT2D eigenvalue weighted by atomic mass is 32.2. The summed E-state index contributed by atoms with van der Waals surface area (Å²) in [5.41, 5.74) is 6.56. The van der Waals surface area contributed by atoms with E-state index in [4.69, 9.17) is 9.85 Å². The summed E-state index contributed by atoms with van der Waals surface area (Å²) in [6.07, 6.45) is 5.95. The third-order valence-electron chi connectivity index (χ3n) is 4.30. The predicted octanol–water partition coefficient (Wildman–Crippen LogP) is 4.24. The number of phenolic OH excluding ortho intramolecular Hbond substituents is 2. The van der Waals surface area contributed by atoms with Crippen LogP contribution in [0.4, 0.5) is 5.69 Å². The lowest BCUT2D eigenvalue weighted by atomic mass is 9.96. The zero-order valence-corrected chi connectivity index (χ0v) is 17.2. The van der Waals surface area contributed by atoms with Gasteiger partial charge < -0.3 is 21.3 Å². The molecular weight excluding hydrogens is 384 g/mol. The van der Waals surface area contributed by atoms with Crippen LogP contribution in [-0.2, 0) is 17.6 Å². The first-order valence-corrected chi connectivity index (χ1v) is 10.5. The largest absolute Gasteiger partial charge is 0.505 e. The normalized spacial score (nSPS) is 13.1. The number of nitrogens with two attached hydrogens (primary N) is 1. The van der Waals surface area contributed by atoms with E-state index < -0.39 is 17.7 Å². The topological polar surface area (TPSA) is 95.6 Å². The van der Waals surface area contributed by atoms with Gasteiger partial charge >= 0.3 is 0 Å². The second-order valence-corrected chi connectivity index (χ2v) is 7.44. The van der Waals surface area contributed by atoms with E-state index in [1.54, 1.807) is 23.9 Å². The van der Waals surface area contributed by atoms with Crippen LogP contribution in [0.5, 0.6) is 11.5 Å². The van der Waals surface area contributed by atoms with E-state index in [9.17, 15) is 15.0 Å². The Kier molecular flexibility index (Phi) is 6.79. The molecule has 0 aliphatic rings. The molecule has 0 aliphatic carbocycles. The summed E-state index contributed by atoms with van der Waals surface area (Å²) in [4.78, 5) is 12.6. The molecule has 2 rings (SSSR count). The van der Waals surface area contributed by atoms with Gasteiger partial charge in [0, 0.05) is 11.1 Å². The Morgan fingerprint density at radius 1 is 1.34 bits per heavy atom. The molecule has 1 unspecified atom stereocenters. The van der Waals surface area contributed by atoms with Crippen LogP contribution >= 0.6 is 11.8 Å². The first kappa shape index (κ1) is 18.3. The molecule has 0 bridgehead atoms. The molecule has 154 valence electrons. The number of aromatic hydroxyl groups is 2. The van der Waals surface area contributed by atoms with Crippen molar-refractivity contribution >= 4 is 23.4 Å². The van der Waals surface area contributed by atoms with Crippen molar-refractivity contribution in [2.75, 3.05) is 17.3 Å². The first-order valence-electron chi connectivity index (χ1n) is 10.6. The molecule has 0 saturated heterocycles. The van der Waals surface area contributed by atoms with Gasteiger partial charge in [0.2, 0.25) is 5.91 Å². The summed E-state index contributed by atoms with van der Waals surface area (Å²) in [5, 5.41) is 24.2. The number of rotatable bonds is 10. The van der Waals surface area contributed by atoms with E-state index in [1.807, 2.05) is 6.26 Å². The average Bonchev–Trinajstić information content (AvgIpc) is 2.76. The van der Waals surface area contributed by atoms with Crippen molar-refractivity contribution in [2.24, 2.45) is 5.73 Å². The maximum Gasteiger partial charge on any atom is 0.241 e. The lowest BCUT2D eigenvalue weighted by Crippen LogP contribution is -2.36. The van der Waals surface area contributed by atoms with Gasteiger partial charge in [0.1, 0.15) is 11.4 Å². The molecule has 0 heterocycles. The molecule has 0 fully saturated rings. The number of phenols is 2. The Hall–Kier alpha value is -2.70. The van der Waals surface area contributed by atoms with Crippen molar-refractivity contribution in [3.05, 3.63) is 66.7 Å². The SMILES string of the molecule is [2H]c1cc(CC=C)c([2H])c(-c2cc(CC=C)c(O)c(NC(=O)C(N)CCSC)c2O)c1[2H]. The van der Waals surface area contributed by atoms with Gasteiger partial charge in [-0.25, -0.2) is 0 Å². The van der Waals surface area contributed by atoms with Gasteiger partial charge in [0.25, 0.3) is 0 Å². The number of hydrogen-bond donors (Lipinski definition) is 4. The van der Waals surface area contributed by atoms with E-state index >= 15 is 0 Å².